The molecule has 0 fully saturated rings. The first-order valence-electron chi connectivity index (χ1n) is 8.23. The van der Waals surface area contributed by atoms with Gasteiger partial charge in [-0.05, 0) is 35.7 Å². The largest absolute Gasteiger partial charge is 0.394 e. The van der Waals surface area contributed by atoms with Crippen molar-refractivity contribution >= 4 is 16.8 Å². The van der Waals surface area contributed by atoms with Crippen LogP contribution in [0.5, 0.6) is 0 Å². The molecule has 0 spiro atoms. The molecule has 5 heteroatoms. The first-order chi connectivity index (χ1) is 12.2. The third-order valence-electron chi connectivity index (χ3n) is 4.75. The maximum absolute atomic E-state index is 14.0. The van der Waals surface area contributed by atoms with Gasteiger partial charge in [0, 0.05) is 18.1 Å². The molecule has 1 atom stereocenters. The van der Waals surface area contributed by atoms with Gasteiger partial charge >= 0.3 is 0 Å². The molecule has 1 aliphatic rings. The van der Waals surface area contributed by atoms with Gasteiger partial charge in [0.15, 0.2) is 0 Å². The Balaban J connectivity index is 1.79. The fourth-order valence-electron chi connectivity index (χ4n) is 3.57. The molecular formula is C20H17FN2O2. The van der Waals surface area contributed by atoms with E-state index >= 15 is 0 Å². The van der Waals surface area contributed by atoms with E-state index in [1.165, 1.54) is 12.1 Å². The molecular weight excluding hydrogens is 319 g/mol. The molecule has 1 aromatic heterocycles. The van der Waals surface area contributed by atoms with E-state index in [0.717, 1.165) is 11.1 Å². The Labute approximate surface area is 144 Å². The lowest BCUT2D eigenvalue weighted by molar-refractivity contribution is 0.0570. The van der Waals surface area contributed by atoms with E-state index in [9.17, 15) is 14.3 Å². The number of benzene rings is 2. The smallest absolute Gasteiger partial charge is 0.256 e. The van der Waals surface area contributed by atoms with Crippen LogP contribution >= 0.6 is 0 Å². The van der Waals surface area contributed by atoms with Crippen molar-refractivity contribution in [3.63, 3.8) is 0 Å². The van der Waals surface area contributed by atoms with Gasteiger partial charge in [-0.15, -0.1) is 0 Å². The summed E-state index contributed by atoms with van der Waals surface area (Å²) in [5.41, 5.74) is 2.78. The zero-order valence-corrected chi connectivity index (χ0v) is 13.5. The standard InChI is InChI=1S/C20H17FN2O2/c21-15-10-14-5-3-8-22-19(14)17(11-15)20(25)23-9-7-13-4-1-2-6-16(13)18(23)12-24/h1-6,8,10-11,18,24H,7,9,12H2. The number of amides is 1. The Hall–Kier alpha value is -2.79. The third-order valence-corrected chi connectivity index (χ3v) is 4.75. The first-order valence-corrected chi connectivity index (χ1v) is 8.23. The van der Waals surface area contributed by atoms with Crippen LogP contribution in [0, 0.1) is 5.82 Å². The van der Waals surface area contributed by atoms with Crippen LogP contribution in [0.1, 0.15) is 27.5 Å². The lowest BCUT2D eigenvalue weighted by atomic mass is 9.92. The van der Waals surface area contributed by atoms with E-state index in [1.807, 2.05) is 24.3 Å². The van der Waals surface area contributed by atoms with Crippen LogP contribution in [-0.4, -0.2) is 34.0 Å². The van der Waals surface area contributed by atoms with Crippen LogP contribution in [0.15, 0.2) is 54.7 Å². The van der Waals surface area contributed by atoms with Gasteiger partial charge in [-0.25, -0.2) is 4.39 Å². The Morgan fingerprint density at radius 3 is 2.92 bits per heavy atom. The summed E-state index contributed by atoms with van der Waals surface area (Å²) >= 11 is 0. The van der Waals surface area contributed by atoms with E-state index in [2.05, 4.69) is 4.98 Å². The van der Waals surface area contributed by atoms with Crippen LogP contribution < -0.4 is 0 Å². The second-order valence-electron chi connectivity index (χ2n) is 6.17. The zero-order chi connectivity index (χ0) is 17.4. The minimum Gasteiger partial charge on any atom is -0.394 e. The lowest BCUT2D eigenvalue weighted by Gasteiger charge is -2.36. The van der Waals surface area contributed by atoms with E-state index in [1.54, 1.807) is 23.2 Å². The van der Waals surface area contributed by atoms with Crippen LogP contribution in [0.4, 0.5) is 4.39 Å². The average Bonchev–Trinajstić information content (AvgIpc) is 2.65. The van der Waals surface area contributed by atoms with Crippen molar-refractivity contribution in [3.8, 4) is 0 Å². The molecule has 1 aliphatic heterocycles. The number of hydrogen-bond acceptors (Lipinski definition) is 3. The summed E-state index contributed by atoms with van der Waals surface area (Å²) in [6.07, 6.45) is 2.30. The molecule has 0 saturated carbocycles. The number of pyridine rings is 1. The van der Waals surface area contributed by atoms with E-state index in [4.69, 9.17) is 0 Å². The molecule has 1 unspecified atom stereocenters. The summed E-state index contributed by atoms with van der Waals surface area (Å²) in [7, 11) is 0. The van der Waals surface area contributed by atoms with Gasteiger partial charge in [0.1, 0.15) is 5.82 Å². The van der Waals surface area contributed by atoms with Crippen molar-refractivity contribution in [1.82, 2.24) is 9.88 Å². The topological polar surface area (TPSA) is 53.4 Å². The van der Waals surface area contributed by atoms with Crippen molar-refractivity contribution in [2.75, 3.05) is 13.2 Å². The molecule has 0 saturated heterocycles. The normalized spacial score (nSPS) is 16.7. The van der Waals surface area contributed by atoms with Crippen LogP contribution in [0.3, 0.4) is 0 Å². The predicted molar refractivity (Wildman–Crippen MR) is 92.7 cm³/mol. The molecule has 2 heterocycles. The number of aliphatic hydroxyl groups excluding tert-OH is 1. The highest BCUT2D eigenvalue weighted by Gasteiger charge is 2.31. The summed E-state index contributed by atoms with van der Waals surface area (Å²) in [5.74, 6) is -0.779. The Morgan fingerprint density at radius 1 is 1.24 bits per heavy atom. The number of fused-ring (bicyclic) bond motifs is 2. The molecule has 3 aromatic rings. The zero-order valence-electron chi connectivity index (χ0n) is 13.5. The fraction of sp³-hybridized carbons (Fsp3) is 0.200. The number of aromatic nitrogens is 1. The molecule has 1 N–H and O–H groups in total. The first kappa shape index (κ1) is 15.7. The summed E-state index contributed by atoms with van der Waals surface area (Å²) in [4.78, 5) is 19.0. The second kappa shape index (κ2) is 6.26. The van der Waals surface area contributed by atoms with E-state index < -0.39 is 11.9 Å². The van der Waals surface area contributed by atoms with Crippen molar-refractivity contribution in [1.29, 1.82) is 0 Å². The molecule has 4 rings (SSSR count). The van der Waals surface area contributed by atoms with Gasteiger partial charge in [-0.1, -0.05) is 30.3 Å². The highest BCUT2D eigenvalue weighted by molar-refractivity contribution is 6.05. The number of rotatable bonds is 2. The molecule has 2 aromatic carbocycles. The number of aliphatic hydroxyl groups is 1. The molecule has 4 nitrogen and oxygen atoms in total. The SMILES string of the molecule is O=C(c1cc(F)cc2cccnc12)N1CCc2ccccc2C1CO. The van der Waals surface area contributed by atoms with Gasteiger partial charge in [0.05, 0.1) is 23.7 Å². The van der Waals surface area contributed by atoms with Crippen LogP contribution in [0.25, 0.3) is 10.9 Å². The molecule has 126 valence electrons. The molecule has 1 amide bonds. The van der Waals surface area contributed by atoms with Crippen molar-refractivity contribution in [2.45, 2.75) is 12.5 Å². The number of carbonyl (C=O) groups excluding carboxylic acids is 1. The monoisotopic (exact) mass is 336 g/mol. The maximum Gasteiger partial charge on any atom is 0.256 e. The van der Waals surface area contributed by atoms with Gasteiger partial charge in [0.2, 0.25) is 0 Å². The van der Waals surface area contributed by atoms with E-state index in [-0.39, 0.29) is 18.1 Å². The minimum absolute atomic E-state index is 0.177. The number of carbonyl (C=O) groups is 1. The average molecular weight is 336 g/mol. The minimum atomic E-state index is -0.471. The predicted octanol–water partition coefficient (Wildman–Crippen LogP) is 3.11. The Bertz CT molecular complexity index is 957. The summed E-state index contributed by atoms with van der Waals surface area (Å²) < 4.78 is 14.0. The lowest BCUT2D eigenvalue weighted by Crippen LogP contribution is -2.41. The van der Waals surface area contributed by atoms with Crippen LogP contribution in [0.2, 0.25) is 0 Å². The highest BCUT2D eigenvalue weighted by Crippen LogP contribution is 2.31. The summed E-state index contributed by atoms with van der Waals surface area (Å²) in [5, 5.41) is 10.5. The Kier molecular flexibility index (Phi) is 3.93. The van der Waals surface area contributed by atoms with Crippen molar-refractivity contribution < 1.29 is 14.3 Å². The van der Waals surface area contributed by atoms with Gasteiger partial charge in [0.25, 0.3) is 5.91 Å². The highest BCUT2D eigenvalue weighted by atomic mass is 19.1. The summed E-state index contributed by atoms with van der Waals surface area (Å²) in [6.45, 7) is 0.301. The van der Waals surface area contributed by atoms with Gasteiger partial charge in [-0.2, -0.15) is 0 Å². The number of nitrogens with zero attached hydrogens (tertiary/aromatic N) is 2. The second-order valence-corrected chi connectivity index (χ2v) is 6.17. The number of hydrogen-bond donors (Lipinski definition) is 1. The quantitative estimate of drug-likeness (QED) is 0.782. The maximum atomic E-state index is 14.0. The molecule has 0 radical (unpaired) electrons. The van der Waals surface area contributed by atoms with Crippen LogP contribution in [-0.2, 0) is 6.42 Å². The van der Waals surface area contributed by atoms with Crippen molar-refractivity contribution in [2.24, 2.45) is 0 Å². The van der Waals surface area contributed by atoms with E-state index in [0.29, 0.717) is 23.9 Å². The van der Waals surface area contributed by atoms with Crippen molar-refractivity contribution in [3.05, 3.63) is 77.2 Å². The molecule has 0 aliphatic carbocycles. The fourth-order valence-corrected chi connectivity index (χ4v) is 3.57. The van der Waals surface area contributed by atoms with Gasteiger partial charge < -0.3 is 10.0 Å². The van der Waals surface area contributed by atoms with Gasteiger partial charge in [-0.3, -0.25) is 9.78 Å². The molecule has 25 heavy (non-hydrogen) atoms. The molecule has 0 bridgehead atoms. The number of halogens is 1. The Morgan fingerprint density at radius 2 is 2.08 bits per heavy atom. The summed E-state index contributed by atoms with van der Waals surface area (Å²) in [6, 6.07) is 13.4. The third kappa shape index (κ3) is 2.66.